The van der Waals surface area contributed by atoms with Gasteiger partial charge in [0.15, 0.2) is 0 Å². The summed E-state index contributed by atoms with van der Waals surface area (Å²) in [6, 6.07) is 6.25. The van der Waals surface area contributed by atoms with Gasteiger partial charge in [-0.1, -0.05) is 17.7 Å². The first-order chi connectivity index (χ1) is 8.95. The van der Waals surface area contributed by atoms with Gasteiger partial charge in [-0.05, 0) is 43.9 Å². The van der Waals surface area contributed by atoms with Crippen LogP contribution in [0.25, 0.3) is 0 Å². The number of sulfonamides is 1. The Morgan fingerprint density at radius 1 is 1.42 bits per heavy atom. The fourth-order valence-corrected chi connectivity index (χ4v) is 4.43. The Kier molecular flexibility index (Phi) is 4.50. The first-order valence-corrected chi connectivity index (χ1v) is 8.15. The van der Waals surface area contributed by atoms with Crippen molar-refractivity contribution in [3.8, 4) is 0 Å². The molecule has 1 aromatic carbocycles. The van der Waals surface area contributed by atoms with Gasteiger partial charge in [-0.15, -0.1) is 0 Å². The predicted octanol–water partition coefficient (Wildman–Crippen LogP) is 2.12. The molecule has 0 amide bonds. The summed E-state index contributed by atoms with van der Waals surface area (Å²) in [6.07, 6.45) is 1.63. The normalized spacial score (nSPS) is 25.4. The summed E-state index contributed by atoms with van der Waals surface area (Å²) in [7, 11) is -3.54. The van der Waals surface area contributed by atoms with Crippen LogP contribution in [-0.2, 0) is 10.0 Å². The van der Waals surface area contributed by atoms with E-state index in [-0.39, 0.29) is 23.5 Å². The average Bonchev–Trinajstić information content (AvgIpc) is 2.39. The van der Waals surface area contributed by atoms with Crippen LogP contribution in [0.15, 0.2) is 29.2 Å². The molecule has 1 heterocycles. The maximum absolute atomic E-state index is 12.6. The van der Waals surface area contributed by atoms with E-state index in [1.807, 2.05) is 6.92 Å². The van der Waals surface area contributed by atoms with Gasteiger partial charge in [0.25, 0.3) is 0 Å². The molecule has 1 aliphatic heterocycles. The van der Waals surface area contributed by atoms with E-state index >= 15 is 0 Å². The van der Waals surface area contributed by atoms with Crippen LogP contribution in [0.3, 0.4) is 0 Å². The van der Waals surface area contributed by atoms with E-state index in [1.165, 1.54) is 10.4 Å². The minimum Gasteiger partial charge on any atom is -0.396 e. The number of hydrogen-bond donors (Lipinski definition) is 1. The lowest BCUT2D eigenvalue weighted by atomic mass is 9.96. The molecule has 1 saturated heterocycles. The van der Waals surface area contributed by atoms with Crippen LogP contribution < -0.4 is 0 Å². The zero-order valence-electron chi connectivity index (χ0n) is 10.8. The molecule has 0 aromatic heterocycles. The first kappa shape index (κ1) is 14.8. The minimum absolute atomic E-state index is 0.0187. The molecule has 1 fully saturated rings. The second kappa shape index (κ2) is 5.79. The Bertz CT molecular complexity index is 547. The molecule has 0 radical (unpaired) electrons. The molecule has 1 aromatic rings. The second-order valence-corrected chi connectivity index (χ2v) is 7.33. The highest BCUT2D eigenvalue weighted by Gasteiger charge is 2.34. The minimum atomic E-state index is -3.54. The van der Waals surface area contributed by atoms with Crippen LogP contribution in [0.4, 0.5) is 0 Å². The number of benzene rings is 1. The van der Waals surface area contributed by atoms with Gasteiger partial charge in [0.1, 0.15) is 0 Å². The Morgan fingerprint density at radius 3 is 2.79 bits per heavy atom. The maximum atomic E-state index is 12.6. The van der Waals surface area contributed by atoms with Gasteiger partial charge in [0.05, 0.1) is 4.90 Å². The van der Waals surface area contributed by atoms with Crippen molar-refractivity contribution in [1.82, 2.24) is 4.31 Å². The number of nitrogens with zero attached hydrogens (tertiary/aromatic N) is 1. The summed E-state index contributed by atoms with van der Waals surface area (Å²) < 4.78 is 26.7. The number of hydrogen-bond acceptors (Lipinski definition) is 3. The second-order valence-electron chi connectivity index (χ2n) is 5.01. The van der Waals surface area contributed by atoms with Gasteiger partial charge >= 0.3 is 0 Å². The van der Waals surface area contributed by atoms with Crippen LogP contribution in [0.1, 0.15) is 19.8 Å². The van der Waals surface area contributed by atoms with Crippen molar-refractivity contribution in [3.63, 3.8) is 0 Å². The summed E-state index contributed by atoms with van der Waals surface area (Å²) >= 11 is 5.86. The standard InChI is InChI=1S/C13H18ClNO3S/c1-10-5-6-11(9-16)8-15(10)19(17,18)13-4-2-3-12(14)7-13/h2-4,7,10-11,16H,5-6,8-9H2,1H3. The molecular weight excluding hydrogens is 286 g/mol. The molecular formula is C13H18ClNO3S. The average molecular weight is 304 g/mol. The van der Waals surface area contributed by atoms with Crippen molar-refractivity contribution < 1.29 is 13.5 Å². The van der Waals surface area contributed by atoms with E-state index in [9.17, 15) is 13.5 Å². The molecule has 0 saturated carbocycles. The highest BCUT2D eigenvalue weighted by molar-refractivity contribution is 7.89. The van der Waals surface area contributed by atoms with Gasteiger partial charge in [-0.2, -0.15) is 4.31 Å². The molecule has 0 spiro atoms. The molecule has 19 heavy (non-hydrogen) atoms. The number of aliphatic hydroxyl groups excluding tert-OH is 1. The molecule has 1 aliphatic rings. The van der Waals surface area contributed by atoms with E-state index in [1.54, 1.807) is 18.2 Å². The number of halogens is 1. The predicted molar refractivity (Wildman–Crippen MR) is 74.6 cm³/mol. The Labute approximate surface area is 119 Å². The van der Waals surface area contributed by atoms with Crippen molar-refractivity contribution in [1.29, 1.82) is 0 Å². The SMILES string of the molecule is CC1CCC(CO)CN1S(=O)(=O)c1cccc(Cl)c1. The van der Waals surface area contributed by atoms with Gasteiger partial charge in [0.2, 0.25) is 10.0 Å². The topological polar surface area (TPSA) is 57.6 Å². The lowest BCUT2D eigenvalue weighted by molar-refractivity contribution is 0.139. The van der Waals surface area contributed by atoms with E-state index in [0.29, 0.717) is 11.6 Å². The summed E-state index contributed by atoms with van der Waals surface area (Å²) in [6.45, 7) is 2.29. The third kappa shape index (κ3) is 3.11. The van der Waals surface area contributed by atoms with Gasteiger partial charge in [0, 0.05) is 24.2 Å². The summed E-state index contributed by atoms with van der Waals surface area (Å²) in [5.74, 6) is 0.0187. The quantitative estimate of drug-likeness (QED) is 0.930. The van der Waals surface area contributed by atoms with Crippen molar-refractivity contribution >= 4 is 21.6 Å². The van der Waals surface area contributed by atoms with Gasteiger partial charge in [-0.3, -0.25) is 0 Å². The van der Waals surface area contributed by atoms with E-state index in [4.69, 9.17) is 11.6 Å². The Morgan fingerprint density at radius 2 is 2.16 bits per heavy atom. The van der Waals surface area contributed by atoms with E-state index in [2.05, 4.69) is 0 Å². The maximum Gasteiger partial charge on any atom is 0.243 e. The number of aliphatic hydroxyl groups is 1. The van der Waals surface area contributed by atoms with Crippen molar-refractivity contribution in [3.05, 3.63) is 29.3 Å². The molecule has 0 bridgehead atoms. The number of rotatable bonds is 3. The fraction of sp³-hybridized carbons (Fsp3) is 0.538. The summed E-state index contributed by atoms with van der Waals surface area (Å²) in [5, 5.41) is 9.64. The first-order valence-electron chi connectivity index (χ1n) is 6.33. The van der Waals surface area contributed by atoms with E-state index in [0.717, 1.165) is 12.8 Å². The molecule has 1 N–H and O–H groups in total. The van der Waals surface area contributed by atoms with Gasteiger partial charge < -0.3 is 5.11 Å². The fourth-order valence-electron chi connectivity index (χ4n) is 2.39. The molecule has 0 aliphatic carbocycles. The smallest absolute Gasteiger partial charge is 0.243 e. The highest BCUT2D eigenvalue weighted by atomic mass is 35.5. The van der Waals surface area contributed by atoms with Crippen LogP contribution in [-0.4, -0.2) is 37.0 Å². The monoisotopic (exact) mass is 303 g/mol. The van der Waals surface area contributed by atoms with Crippen LogP contribution in [0, 0.1) is 5.92 Å². The lowest BCUT2D eigenvalue weighted by Crippen LogP contribution is -2.46. The molecule has 106 valence electrons. The van der Waals surface area contributed by atoms with E-state index < -0.39 is 10.0 Å². The Balaban J connectivity index is 2.32. The van der Waals surface area contributed by atoms with Crippen LogP contribution in [0.5, 0.6) is 0 Å². The molecule has 4 nitrogen and oxygen atoms in total. The molecule has 6 heteroatoms. The van der Waals surface area contributed by atoms with Crippen molar-refractivity contribution in [2.24, 2.45) is 5.92 Å². The van der Waals surface area contributed by atoms with Crippen molar-refractivity contribution in [2.75, 3.05) is 13.2 Å². The molecule has 2 atom stereocenters. The van der Waals surface area contributed by atoms with Crippen LogP contribution >= 0.6 is 11.6 Å². The highest BCUT2D eigenvalue weighted by Crippen LogP contribution is 2.28. The summed E-state index contributed by atoms with van der Waals surface area (Å²) in [4.78, 5) is 0.213. The van der Waals surface area contributed by atoms with Gasteiger partial charge in [-0.25, -0.2) is 8.42 Å². The Hall–Kier alpha value is -0.620. The number of piperidine rings is 1. The van der Waals surface area contributed by atoms with Crippen LogP contribution in [0.2, 0.25) is 5.02 Å². The zero-order valence-corrected chi connectivity index (χ0v) is 12.4. The summed E-state index contributed by atoms with van der Waals surface area (Å²) in [5.41, 5.74) is 0. The third-order valence-electron chi connectivity index (χ3n) is 3.58. The zero-order chi connectivity index (χ0) is 14.0. The third-order valence-corrected chi connectivity index (χ3v) is 5.79. The largest absolute Gasteiger partial charge is 0.396 e. The lowest BCUT2D eigenvalue weighted by Gasteiger charge is -2.36. The molecule has 2 rings (SSSR count). The van der Waals surface area contributed by atoms with Crippen molar-refractivity contribution in [2.45, 2.75) is 30.7 Å². The molecule has 2 unspecified atom stereocenters.